The van der Waals surface area contributed by atoms with Crippen molar-refractivity contribution < 1.29 is 24.3 Å². The molecule has 0 radical (unpaired) electrons. The molecule has 0 bridgehead atoms. The Labute approximate surface area is 105 Å². The molecule has 0 aliphatic heterocycles. The molecule has 0 aliphatic carbocycles. The second-order valence-corrected chi connectivity index (χ2v) is 4.69. The first-order valence-electron chi connectivity index (χ1n) is 5.32. The molecule has 0 saturated carbocycles. The van der Waals surface area contributed by atoms with Gasteiger partial charge in [-0.2, -0.15) is 0 Å². The molecule has 0 aromatic rings. The third kappa shape index (κ3) is 6.02. The third-order valence-corrected chi connectivity index (χ3v) is 2.01. The van der Waals surface area contributed by atoms with Gasteiger partial charge in [-0.25, -0.2) is 4.79 Å². The van der Waals surface area contributed by atoms with E-state index in [2.05, 4.69) is 15.3 Å². The van der Waals surface area contributed by atoms with Gasteiger partial charge in [-0.3, -0.25) is 9.80 Å². The molecule has 0 aromatic carbocycles. The lowest BCUT2D eigenvalue weighted by Crippen LogP contribution is -2.31. The van der Waals surface area contributed by atoms with E-state index < -0.39 is 23.4 Å². The summed E-state index contributed by atoms with van der Waals surface area (Å²) >= 11 is 0. The first kappa shape index (κ1) is 16.1. The lowest BCUT2D eigenvalue weighted by molar-refractivity contribution is -0.167. The molecule has 8 nitrogen and oxygen atoms in total. The topological polar surface area (TPSA) is 101 Å². The molecular weight excluding hydrogens is 242 g/mol. The molecule has 0 unspecified atom stereocenters. The highest BCUT2D eigenvalue weighted by atomic mass is 16.8. The van der Waals surface area contributed by atoms with Gasteiger partial charge in [0.2, 0.25) is 0 Å². The van der Waals surface area contributed by atoms with Gasteiger partial charge < -0.3 is 14.7 Å². The molecule has 104 valence electrons. The number of ether oxygens (including phenoxy) is 1. The number of hydrogen-bond donors (Lipinski definition) is 1. The van der Waals surface area contributed by atoms with Gasteiger partial charge in [-0.1, -0.05) is 0 Å². The summed E-state index contributed by atoms with van der Waals surface area (Å²) in [5.41, 5.74) is -0.616. The Bertz CT molecular complexity index is 324. The Morgan fingerprint density at radius 1 is 1.39 bits per heavy atom. The van der Waals surface area contributed by atoms with Crippen LogP contribution in [0.3, 0.4) is 0 Å². The molecule has 0 aliphatic rings. The number of carbonyl (C=O) groups excluding carboxylic acids is 1. The van der Waals surface area contributed by atoms with Crippen molar-refractivity contribution in [3.8, 4) is 0 Å². The summed E-state index contributed by atoms with van der Waals surface area (Å²) in [7, 11) is 1.44. The maximum atomic E-state index is 11.3. The van der Waals surface area contributed by atoms with E-state index in [0.717, 1.165) is 5.01 Å². The maximum absolute atomic E-state index is 11.3. The van der Waals surface area contributed by atoms with Gasteiger partial charge >= 0.3 is 11.9 Å². The van der Waals surface area contributed by atoms with Crippen LogP contribution < -0.4 is 0 Å². The Balaban J connectivity index is 3.92. The Kier molecular flexibility index (Phi) is 6.07. The van der Waals surface area contributed by atoms with Crippen LogP contribution in [-0.4, -0.2) is 41.9 Å². The lowest BCUT2D eigenvalue weighted by Gasteiger charge is -2.16. The number of esters is 1. The van der Waals surface area contributed by atoms with E-state index >= 15 is 0 Å². The van der Waals surface area contributed by atoms with Crippen molar-refractivity contribution in [2.75, 3.05) is 13.8 Å². The van der Waals surface area contributed by atoms with Gasteiger partial charge in [-0.15, -0.1) is 0 Å². The van der Waals surface area contributed by atoms with Gasteiger partial charge in [0.15, 0.2) is 0 Å². The van der Waals surface area contributed by atoms with Crippen molar-refractivity contribution in [1.82, 2.24) is 5.01 Å². The number of carboxylic acids is 1. The average molecular weight is 261 g/mol. The standard InChI is InChI=1S/C10H19N3O5/c1-7(8(14)15)13(5)11-12-18-6-17-9(16)10(2,3)4/h7H,6H2,1-5H3,(H,14,15)/b12-11-/t7-/m0/s1. The largest absolute Gasteiger partial charge is 0.480 e. The quantitative estimate of drug-likeness (QED) is 0.254. The van der Waals surface area contributed by atoms with Crippen molar-refractivity contribution >= 4 is 11.9 Å². The third-order valence-electron chi connectivity index (χ3n) is 2.01. The summed E-state index contributed by atoms with van der Waals surface area (Å²) < 4.78 is 4.75. The van der Waals surface area contributed by atoms with E-state index in [4.69, 9.17) is 9.84 Å². The summed E-state index contributed by atoms with van der Waals surface area (Å²) in [5, 5.41) is 16.5. The number of likely N-dealkylation sites (N-methyl/N-ethyl adjacent to an activating group) is 1. The van der Waals surface area contributed by atoms with Gasteiger partial charge in [0.25, 0.3) is 6.79 Å². The second kappa shape index (κ2) is 6.77. The van der Waals surface area contributed by atoms with E-state index in [9.17, 15) is 9.59 Å². The van der Waals surface area contributed by atoms with E-state index in [1.54, 1.807) is 20.8 Å². The summed E-state index contributed by atoms with van der Waals surface area (Å²) in [4.78, 5) is 26.5. The predicted molar refractivity (Wildman–Crippen MR) is 61.2 cm³/mol. The number of carboxylic acid groups (broad SMARTS) is 1. The zero-order valence-corrected chi connectivity index (χ0v) is 11.2. The van der Waals surface area contributed by atoms with Gasteiger partial charge in [-0.05, 0) is 32.9 Å². The van der Waals surface area contributed by atoms with E-state index in [0.29, 0.717) is 0 Å². The van der Waals surface area contributed by atoms with Gasteiger partial charge in [0, 0.05) is 12.3 Å². The molecule has 0 rings (SSSR count). The van der Waals surface area contributed by atoms with Crippen molar-refractivity contribution in [2.24, 2.45) is 15.9 Å². The second-order valence-electron chi connectivity index (χ2n) is 4.69. The summed E-state index contributed by atoms with van der Waals surface area (Å²) in [6, 6.07) is -0.825. The molecule has 1 N–H and O–H groups in total. The van der Waals surface area contributed by atoms with E-state index in [1.807, 2.05) is 0 Å². The first-order chi connectivity index (χ1) is 8.16. The zero-order valence-electron chi connectivity index (χ0n) is 11.2. The van der Waals surface area contributed by atoms with Gasteiger partial charge in [0.1, 0.15) is 6.04 Å². The van der Waals surface area contributed by atoms with Crippen LogP contribution in [-0.2, 0) is 19.2 Å². The van der Waals surface area contributed by atoms with Crippen molar-refractivity contribution in [2.45, 2.75) is 33.7 Å². The van der Waals surface area contributed by atoms with Crippen LogP contribution in [0.5, 0.6) is 0 Å². The minimum atomic E-state index is -1.03. The molecule has 18 heavy (non-hydrogen) atoms. The number of carbonyl (C=O) groups is 2. The number of aliphatic carboxylic acids is 1. The van der Waals surface area contributed by atoms with E-state index in [-0.39, 0.29) is 6.79 Å². The monoisotopic (exact) mass is 261 g/mol. The van der Waals surface area contributed by atoms with Crippen LogP contribution in [0.4, 0.5) is 0 Å². The average Bonchev–Trinajstić information content (AvgIpc) is 2.25. The highest BCUT2D eigenvalue weighted by Gasteiger charge is 2.23. The minimum Gasteiger partial charge on any atom is -0.480 e. The van der Waals surface area contributed by atoms with Crippen LogP contribution in [0.2, 0.25) is 0 Å². The lowest BCUT2D eigenvalue weighted by atomic mass is 9.98. The normalized spacial score (nSPS) is 13.2. The Hall–Kier alpha value is -1.86. The van der Waals surface area contributed by atoms with Crippen molar-refractivity contribution in [3.63, 3.8) is 0 Å². The first-order valence-corrected chi connectivity index (χ1v) is 5.32. The maximum Gasteiger partial charge on any atom is 0.327 e. The Morgan fingerprint density at radius 2 is 1.94 bits per heavy atom. The van der Waals surface area contributed by atoms with Crippen molar-refractivity contribution in [1.29, 1.82) is 0 Å². The van der Waals surface area contributed by atoms with Gasteiger partial charge in [0.05, 0.1) is 5.41 Å². The van der Waals surface area contributed by atoms with Crippen LogP contribution >= 0.6 is 0 Å². The molecule has 0 fully saturated rings. The smallest absolute Gasteiger partial charge is 0.327 e. The van der Waals surface area contributed by atoms with Crippen LogP contribution in [0.15, 0.2) is 10.5 Å². The molecule has 0 amide bonds. The minimum absolute atomic E-state index is 0.366. The van der Waals surface area contributed by atoms with Crippen LogP contribution in [0, 0.1) is 5.41 Å². The molecule has 0 heterocycles. The number of rotatable bonds is 6. The highest BCUT2D eigenvalue weighted by Crippen LogP contribution is 2.14. The summed E-state index contributed by atoms with van der Waals surface area (Å²) in [6.45, 7) is 6.20. The molecule has 0 spiro atoms. The molecular formula is C10H19N3O5. The zero-order chi connectivity index (χ0) is 14.3. The summed E-state index contributed by atoms with van der Waals surface area (Å²) in [6.07, 6.45) is 0. The fraction of sp³-hybridized carbons (Fsp3) is 0.800. The number of nitrogens with zero attached hydrogens (tertiary/aromatic N) is 3. The van der Waals surface area contributed by atoms with Crippen molar-refractivity contribution in [3.05, 3.63) is 0 Å². The van der Waals surface area contributed by atoms with Crippen LogP contribution in [0.25, 0.3) is 0 Å². The molecule has 0 saturated heterocycles. The SMILES string of the molecule is C[C@@H](C(=O)O)N(C)/N=N\OCOC(=O)C(C)(C)C. The van der Waals surface area contributed by atoms with E-state index in [1.165, 1.54) is 14.0 Å². The predicted octanol–water partition coefficient (Wildman–Crippen LogP) is 1.24. The highest BCUT2D eigenvalue weighted by molar-refractivity contribution is 5.75. The number of hydrogen-bond acceptors (Lipinski definition) is 6. The molecule has 1 atom stereocenters. The molecule has 0 aromatic heterocycles. The fourth-order valence-corrected chi connectivity index (χ4v) is 0.641. The van der Waals surface area contributed by atoms with Crippen LogP contribution in [0.1, 0.15) is 27.7 Å². The summed E-state index contributed by atoms with van der Waals surface area (Å²) in [5.74, 6) is -1.46. The molecule has 8 heteroatoms. The fourth-order valence-electron chi connectivity index (χ4n) is 0.641. The Morgan fingerprint density at radius 3 is 2.39 bits per heavy atom.